The number of benzene rings is 1. The summed E-state index contributed by atoms with van der Waals surface area (Å²) in [6.07, 6.45) is 2.46. The van der Waals surface area contributed by atoms with Crippen LogP contribution in [0.5, 0.6) is 0 Å². The Labute approximate surface area is 105 Å². The quantitative estimate of drug-likeness (QED) is 0.809. The molecule has 1 atom stereocenters. The number of aromatic nitrogens is 1. The van der Waals surface area contributed by atoms with Crippen LogP contribution in [0, 0.1) is 0 Å². The molecule has 2 N–H and O–H groups in total. The number of carbonyl (C=O) groups excluding carboxylic acids is 1. The number of H-pyrrole nitrogens is 1. The van der Waals surface area contributed by atoms with E-state index in [2.05, 4.69) is 33.2 Å². The molecule has 0 radical (unpaired) electrons. The van der Waals surface area contributed by atoms with Gasteiger partial charge in [0, 0.05) is 29.1 Å². The number of nitrogens with one attached hydrogen (secondary N) is 2. The average molecular weight is 244 g/mol. The molecule has 1 aromatic heterocycles. The van der Waals surface area contributed by atoms with E-state index in [1.54, 1.807) is 0 Å². The first-order valence-electron chi connectivity index (χ1n) is 6.21. The molecule has 94 valence electrons. The number of alkyl carbamates (subject to hydrolysis) is 1. The number of amides is 1. The fraction of sp³-hybridized carbons (Fsp3) is 0.357. The van der Waals surface area contributed by atoms with Crippen molar-refractivity contribution in [2.75, 3.05) is 7.11 Å². The zero-order chi connectivity index (χ0) is 12.5. The van der Waals surface area contributed by atoms with Gasteiger partial charge in [0.2, 0.25) is 0 Å². The van der Waals surface area contributed by atoms with Crippen LogP contribution in [0.25, 0.3) is 10.9 Å². The standard InChI is InChI=1S/C14H16N2O2/c1-18-14(17)15-9-6-7-11-10-4-2-3-5-12(10)16-13(11)8-9/h2-5,9,16H,6-8H2,1H3,(H,15,17). The lowest BCUT2D eigenvalue weighted by atomic mass is 9.92. The lowest BCUT2D eigenvalue weighted by Gasteiger charge is -2.22. The second-order valence-electron chi connectivity index (χ2n) is 4.70. The third-order valence-corrected chi connectivity index (χ3v) is 3.60. The zero-order valence-corrected chi connectivity index (χ0v) is 10.3. The lowest BCUT2D eigenvalue weighted by Crippen LogP contribution is -2.38. The Morgan fingerprint density at radius 2 is 2.28 bits per heavy atom. The van der Waals surface area contributed by atoms with E-state index in [1.165, 1.54) is 29.3 Å². The predicted octanol–water partition coefficient (Wildman–Crippen LogP) is 2.38. The summed E-state index contributed by atoms with van der Waals surface area (Å²) < 4.78 is 4.64. The Balaban J connectivity index is 1.87. The van der Waals surface area contributed by atoms with Crippen LogP contribution in [-0.2, 0) is 17.6 Å². The van der Waals surface area contributed by atoms with Crippen molar-refractivity contribution in [1.29, 1.82) is 0 Å². The van der Waals surface area contributed by atoms with E-state index in [0.717, 1.165) is 19.3 Å². The van der Waals surface area contributed by atoms with Crippen molar-refractivity contribution in [2.24, 2.45) is 0 Å². The summed E-state index contributed by atoms with van der Waals surface area (Å²) in [6, 6.07) is 8.51. The number of hydrogen-bond donors (Lipinski definition) is 2. The van der Waals surface area contributed by atoms with Gasteiger partial charge in [0.25, 0.3) is 0 Å². The zero-order valence-electron chi connectivity index (χ0n) is 10.3. The SMILES string of the molecule is COC(=O)NC1CCc2c([nH]c3ccccc23)C1. The molecule has 1 aliphatic carbocycles. The van der Waals surface area contributed by atoms with Gasteiger partial charge in [0.05, 0.1) is 7.11 Å². The van der Waals surface area contributed by atoms with E-state index < -0.39 is 0 Å². The van der Waals surface area contributed by atoms with Crippen LogP contribution in [-0.4, -0.2) is 24.2 Å². The normalized spacial score (nSPS) is 18.4. The van der Waals surface area contributed by atoms with Gasteiger partial charge in [-0.2, -0.15) is 0 Å². The van der Waals surface area contributed by atoms with Crippen molar-refractivity contribution >= 4 is 17.0 Å². The lowest BCUT2D eigenvalue weighted by molar-refractivity contribution is 0.165. The molecule has 1 aromatic carbocycles. The van der Waals surface area contributed by atoms with Gasteiger partial charge in [-0.1, -0.05) is 18.2 Å². The molecule has 18 heavy (non-hydrogen) atoms. The first-order chi connectivity index (χ1) is 8.78. The molecule has 3 rings (SSSR count). The molecular formula is C14H16N2O2. The Kier molecular flexibility index (Phi) is 2.70. The van der Waals surface area contributed by atoms with Crippen LogP contribution in [0.3, 0.4) is 0 Å². The smallest absolute Gasteiger partial charge is 0.407 e. The summed E-state index contributed by atoms with van der Waals surface area (Å²) in [6.45, 7) is 0. The van der Waals surface area contributed by atoms with Gasteiger partial charge in [0.1, 0.15) is 0 Å². The van der Waals surface area contributed by atoms with Crippen LogP contribution >= 0.6 is 0 Å². The summed E-state index contributed by atoms with van der Waals surface area (Å²) in [5, 5.41) is 4.18. The Bertz CT molecular complexity index is 588. The molecule has 1 unspecified atom stereocenters. The van der Waals surface area contributed by atoms with Gasteiger partial charge in [-0.15, -0.1) is 0 Å². The summed E-state index contributed by atoms with van der Waals surface area (Å²) in [5.74, 6) is 0. The Hall–Kier alpha value is -1.97. The maximum Gasteiger partial charge on any atom is 0.407 e. The number of ether oxygens (including phenoxy) is 1. The van der Waals surface area contributed by atoms with Crippen LogP contribution in [0.2, 0.25) is 0 Å². The number of carbonyl (C=O) groups is 1. The number of aryl methyl sites for hydroxylation is 1. The van der Waals surface area contributed by atoms with Gasteiger partial charge >= 0.3 is 6.09 Å². The number of methoxy groups -OCH3 is 1. The third-order valence-electron chi connectivity index (χ3n) is 3.60. The molecule has 1 amide bonds. The first-order valence-corrected chi connectivity index (χ1v) is 6.21. The molecule has 0 fully saturated rings. The van der Waals surface area contributed by atoms with Gasteiger partial charge < -0.3 is 15.0 Å². The highest BCUT2D eigenvalue weighted by molar-refractivity contribution is 5.85. The van der Waals surface area contributed by atoms with E-state index in [9.17, 15) is 4.79 Å². The molecule has 1 heterocycles. The Morgan fingerprint density at radius 3 is 3.11 bits per heavy atom. The average Bonchev–Trinajstić information content (AvgIpc) is 2.76. The topological polar surface area (TPSA) is 54.1 Å². The first kappa shape index (κ1) is 11.1. The number of fused-ring (bicyclic) bond motifs is 3. The Morgan fingerprint density at radius 1 is 1.44 bits per heavy atom. The van der Waals surface area contributed by atoms with Gasteiger partial charge in [-0.3, -0.25) is 0 Å². The number of aromatic amines is 1. The van der Waals surface area contributed by atoms with Gasteiger partial charge in [-0.25, -0.2) is 4.79 Å². The van der Waals surface area contributed by atoms with E-state index in [4.69, 9.17) is 0 Å². The van der Waals surface area contributed by atoms with Gasteiger partial charge in [0.15, 0.2) is 0 Å². The number of para-hydroxylation sites is 1. The maximum atomic E-state index is 11.2. The molecule has 4 nitrogen and oxygen atoms in total. The van der Waals surface area contributed by atoms with Crippen molar-refractivity contribution < 1.29 is 9.53 Å². The van der Waals surface area contributed by atoms with Crippen molar-refractivity contribution in [3.8, 4) is 0 Å². The number of rotatable bonds is 1. The highest BCUT2D eigenvalue weighted by atomic mass is 16.5. The van der Waals surface area contributed by atoms with Crippen LogP contribution in [0.4, 0.5) is 4.79 Å². The largest absolute Gasteiger partial charge is 0.453 e. The predicted molar refractivity (Wildman–Crippen MR) is 69.7 cm³/mol. The minimum absolute atomic E-state index is 0.165. The summed E-state index contributed by atoms with van der Waals surface area (Å²) in [5.41, 5.74) is 3.82. The fourth-order valence-electron chi connectivity index (χ4n) is 2.73. The summed E-state index contributed by atoms with van der Waals surface area (Å²) >= 11 is 0. The molecule has 0 saturated heterocycles. The number of hydrogen-bond acceptors (Lipinski definition) is 2. The van der Waals surface area contributed by atoms with Crippen LogP contribution in [0.1, 0.15) is 17.7 Å². The fourth-order valence-corrected chi connectivity index (χ4v) is 2.73. The van der Waals surface area contributed by atoms with Crippen LogP contribution in [0.15, 0.2) is 24.3 Å². The molecule has 0 bridgehead atoms. The van der Waals surface area contributed by atoms with E-state index in [-0.39, 0.29) is 12.1 Å². The molecule has 2 aromatic rings. The molecule has 1 aliphatic rings. The van der Waals surface area contributed by atoms with E-state index in [1.807, 2.05) is 6.07 Å². The van der Waals surface area contributed by atoms with Crippen molar-refractivity contribution in [2.45, 2.75) is 25.3 Å². The van der Waals surface area contributed by atoms with Crippen LogP contribution < -0.4 is 5.32 Å². The monoisotopic (exact) mass is 244 g/mol. The second kappa shape index (κ2) is 4.37. The van der Waals surface area contributed by atoms with Crippen molar-refractivity contribution in [3.63, 3.8) is 0 Å². The van der Waals surface area contributed by atoms with E-state index in [0.29, 0.717) is 0 Å². The highest BCUT2D eigenvalue weighted by Crippen LogP contribution is 2.28. The summed E-state index contributed by atoms with van der Waals surface area (Å²) in [4.78, 5) is 14.7. The maximum absolute atomic E-state index is 11.2. The second-order valence-corrected chi connectivity index (χ2v) is 4.70. The van der Waals surface area contributed by atoms with Crippen molar-refractivity contribution in [1.82, 2.24) is 10.3 Å². The minimum Gasteiger partial charge on any atom is -0.453 e. The van der Waals surface area contributed by atoms with Gasteiger partial charge in [-0.05, 0) is 24.5 Å². The molecule has 0 saturated carbocycles. The molecule has 0 aliphatic heterocycles. The van der Waals surface area contributed by atoms with E-state index >= 15 is 0 Å². The minimum atomic E-state index is -0.348. The third kappa shape index (κ3) is 1.83. The molecule has 0 spiro atoms. The summed E-state index contributed by atoms with van der Waals surface area (Å²) in [7, 11) is 1.40. The van der Waals surface area contributed by atoms with Crippen molar-refractivity contribution in [3.05, 3.63) is 35.5 Å². The molecular weight excluding hydrogens is 228 g/mol. The highest BCUT2D eigenvalue weighted by Gasteiger charge is 2.23. The molecule has 4 heteroatoms.